The molecule has 1 aromatic carbocycles. The molecule has 0 aliphatic carbocycles. The Kier molecular flexibility index (Phi) is 6.20. The molecule has 0 heterocycles. The predicted octanol–water partition coefficient (Wildman–Crippen LogP) is 3.22. The molecule has 0 fully saturated rings. The van der Waals surface area contributed by atoms with Crippen LogP contribution in [0.15, 0.2) is 28.7 Å². The molecule has 6 heteroatoms. The summed E-state index contributed by atoms with van der Waals surface area (Å²) < 4.78 is 5.94. The van der Waals surface area contributed by atoms with Crippen LogP contribution in [0.1, 0.15) is 26.3 Å². The van der Waals surface area contributed by atoms with E-state index in [0.717, 1.165) is 10.0 Å². The first-order valence-corrected chi connectivity index (χ1v) is 7.41. The van der Waals surface area contributed by atoms with E-state index in [1.165, 1.54) is 0 Å². The number of carbonyl (C=O) groups excluding carboxylic acids is 1. The average Bonchev–Trinajstić information content (AvgIpc) is 2.34. The molecule has 1 aromatic rings. The topological polar surface area (TPSA) is 75.6 Å². The second-order valence-electron chi connectivity index (χ2n) is 5.71. The molecule has 1 amide bonds. The van der Waals surface area contributed by atoms with Crippen LogP contribution in [-0.2, 0) is 16.0 Å². The minimum Gasteiger partial charge on any atom is -0.481 e. The molecule has 0 aliphatic rings. The van der Waals surface area contributed by atoms with Crippen LogP contribution in [0.25, 0.3) is 0 Å². The highest BCUT2D eigenvalue weighted by Gasteiger charge is 2.22. The van der Waals surface area contributed by atoms with E-state index in [2.05, 4.69) is 21.2 Å². The molecule has 1 atom stereocenters. The second-order valence-corrected chi connectivity index (χ2v) is 6.57. The largest absolute Gasteiger partial charge is 0.481 e. The maximum atomic E-state index is 11.6. The highest BCUT2D eigenvalue weighted by molar-refractivity contribution is 9.10. The molecule has 1 rings (SSSR count). The number of aliphatic carboxylic acids is 1. The summed E-state index contributed by atoms with van der Waals surface area (Å²) in [6, 6.07) is 7.42. The number of benzene rings is 1. The van der Waals surface area contributed by atoms with Gasteiger partial charge in [-0.05, 0) is 38.8 Å². The zero-order chi connectivity index (χ0) is 16.0. The Morgan fingerprint density at radius 2 is 1.95 bits per heavy atom. The molecule has 0 saturated heterocycles. The summed E-state index contributed by atoms with van der Waals surface area (Å²) >= 11 is 3.39. The lowest BCUT2D eigenvalue weighted by Crippen LogP contribution is -2.37. The molecule has 0 aromatic heterocycles. The molecule has 0 radical (unpaired) electrons. The number of hydrogen-bond acceptors (Lipinski definition) is 3. The third-order valence-corrected chi connectivity index (χ3v) is 3.44. The molecule has 0 spiro atoms. The SMILES string of the molecule is CC(C)(C)OC(=O)NCC(Cc1ccccc1Br)C(=O)O. The Labute approximate surface area is 132 Å². The third kappa shape index (κ3) is 6.62. The standard InChI is InChI=1S/C15H20BrNO4/c1-15(2,3)21-14(20)17-9-11(13(18)19)8-10-6-4-5-7-12(10)16/h4-7,11H,8-9H2,1-3H3,(H,17,20)(H,18,19). The van der Waals surface area contributed by atoms with Crippen molar-refractivity contribution >= 4 is 28.0 Å². The molecule has 2 N–H and O–H groups in total. The predicted molar refractivity (Wildman–Crippen MR) is 83.2 cm³/mol. The molecule has 116 valence electrons. The summed E-state index contributed by atoms with van der Waals surface area (Å²) in [5.74, 6) is -1.67. The third-order valence-electron chi connectivity index (χ3n) is 2.67. The van der Waals surface area contributed by atoms with E-state index in [0.29, 0.717) is 6.42 Å². The van der Waals surface area contributed by atoms with Gasteiger partial charge in [0.05, 0.1) is 5.92 Å². The van der Waals surface area contributed by atoms with Crippen molar-refractivity contribution in [3.8, 4) is 0 Å². The quantitative estimate of drug-likeness (QED) is 0.848. The average molecular weight is 358 g/mol. The van der Waals surface area contributed by atoms with Crippen LogP contribution >= 0.6 is 15.9 Å². The summed E-state index contributed by atoms with van der Waals surface area (Å²) in [4.78, 5) is 22.9. The van der Waals surface area contributed by atoms with Crippen molar-refractivity contribution in [2.75, 3.05) is 6.54 Å². The smallest absolute Gasteiger partial charge is 0.407 e. The van der Waals surface area contributed by atoms with Crippen molar-refractivity contribution < 1.29 is 19.4 Å². The van der Waals surface area contributed by atoms with Crippen LogP contribution < -0.4 is 5.32 Å². The van der Waals surface area contributed by atoms with Crippen molar-refractivity contribution in [3.05, 3.63) is 34.3 Å². The summed E-state index contributed by atoms with van der Waals surface area (Å²) in [5, 5.41) is 11.8. The fraction of sp³-hybridized carbons (Fsp3) is 0.467. The highest BCUT2D eigenvalue weighted by atomic mass is 79.9. The van der Waals surface area contributed by atoms with Gasteiger partial charge in [0, 0.05) is 11.0 Å². The summed E-state index contributed by atoms with van der Waals surface area (Å²) in [7, 11) is 0. The maximum absolute atomic E-state index is 11.6. The van der Waals surface area contributed by atoms with Crippen LogP contribution in [0.3, 0.4) is 0 Å². The first-order chi connectivity index (χ1) is 9.69. The fourth-order valence-corrected chi connectivity index (χ4v) is 2.14. The van der Waals surface area contributed by atoms with Crippen molar-refractivity contribution in [1.29, 1.82) is 0 Å². The number of amides is 1. The molecular weight excluding hydrogens is 338 g/mol. The first kappa shape index (κ1) is 17.5. The number of alkyl carbamates (subject to hydrolysis) is 1. The Balaban J connectivity index is 2.61. The van der Waals surface area contributed by atoms with Gasteiger partial charge in [0.25, 0.3) is 0 Å². The van der Waals surface area contributed by atoms with Crippen molar-refractivity contribution in [1.82, 2.24) is 5.32 Å². The van der Waals surface area contributed by atoms with Crippen LogP contribution in [0, 0.1) is 5.92 Å². The number of carboxylic acids is 1. The maximum Gasteiger partial charge on any atom is 0.407 e. The zero-order valence-electron chi connectivity index (χ0n) is 12.4. The molecule has 0 saturated carbocycles. The van der Waals surface area contributed by atoms with Crippen molar-refractivity contribution in [3.63, 3.8) is 0 Å². The number of ether oxygens (including phenoxy) is 1. The van der Waals surface area contributed by atoms with Gasteiger partial charge in [0.15, 0.2) is 0 Å². The number of nitrogens with one attached hydrogen (secondary N) is 1. The number of hydrogen-bond donors (Lipinski definition) is 2. The summed E-state index contributed by atoms with van der Waals surface area (Å²) in [6.07, 6.45) is -0.284. The lowest BCUT2D eigenvalue weighted by atomic mass is 9.99. The number of rotatable bonds is 5. The van der Waals surface area contributed by atoms with Gasteiger partial charge in [-0.3, -0.25) is 4.79 Å². The summed E-state index contributed by atoms with van der Waals surface area (Å²) in [6.45, 7) is 5.28. The van der Waals surface area contributed by atoms with Gasteiger partial charge in [-0.15, -0.1) is 0 Å². The zero-order valence-corrected chi connectivity index (χ0v) is 13.9. The first-order valence-electron chi connectivity index (χ1n) is 6.62. The van der Waals surface area contributed by atoms with Gasteiger partial charge in [-0.25, -0.2) is 4.79 Å². The van der Waals surface area contributed by atoms with E-state index < -0.39 is 23.6 Å². The van der Waals surface area contributed by atoms with Crippen molar-refractivity contribution in [2.45, 2.75) is 32.8 Å². The highest BCUT2D eigenvalue weighted by Crippen LogP contribution is 2.19. The minimum absolute atomic E-state index is 0.0194. The van der Waals surface area contributed by atoms with Gasteiger partial charge < -0.3 is 15.2 Å². The number of carboxylic acid groups (broad SMARTS) is 1. The second kappa shape index (κ2) is 7.45. The van der Waals surface area contributed by atoms with Gasteiger partial charge in [-0.1, -0.05) is 34.1 Å². The van der Waals surface area contributed by atoms with Crippen molar-refractivity contribution in [2.24, 2.45) is 5.92 Å². The summed E-state index contributed by atoms with van der Waals surface area (Å²) in [5.41, 5.74) is 0.279. The van der Waals surface area contributed by atoms with Crippen LogP contribution in [0.2, 0.25) is 0 Å². The van der Waals surface area contributed by atoms with Crippen LogP contribution in [0.4, 0.5) is 4.79 Å². The molecule has 21 heavy (non-hydrogen) atoms. The Bertz CT molecular complexity index is 511. The fourth-order valence-electron chi connectivity index (χ4n) is 1.70. The van der Waals surface area contributed by atoms with E-state index in [9.17, 15) is 14.7 Å². The normalized spacial score (nSPS) is 12.6. The number of carbonyl (C=O) groups is 2. The molecule has 0 bridgehead atoms. The Hall–Kier alpha value is -1.56. The lowest BCUT2D eigenvalue weighted by Gasteiger charge is -2.21. The van der Waals surface area contributed by atoms with Crippen LogP contribution in [-0.4, -0.2) is 29.3 Å². The van der Waals surface area contributed by atoms with Gasteiger partial charge in [-0.2, -0.15) is 0 Å². The van der Waals surface area contributed by atoms with E-state index in [1.807, 2.05) is 24.3 Å². The number of halogens is 1. The minimum atomic E-state index is -0.957. The monoisotopic (exact) mass is 357 g/mol. The Morgan fingerprint density at radius 3 is 2.48 bits per heavy atom. The lowest BCUT2D eigenvalue weighted by molar-refractivity contribution is -0.141. The van der Waals surface area contributed by atoms with Gasteiger partial charge >= 0.3 is 12.1 Å². The van der Waals surface area contributed by atoms with E-state index in [1.54, 1.807) is 20.8 Å². The van der Waals surface area contributed by atoms with E-state index >= 15 is 0 Å². The molecule has 5 nitrogen and oxygen atoms in total. The van der Waals surface area contributed by atoms with E-state index in [-0.39, 0.29) is 6.54 Å². The van der Waals surface area contributed by atoms with Gasteiger partial charge in [0.1, 0.15) is 5.60 Å². The molecule has 1 unspecified atom stereocenters. The molecular formula is C15H20BrNO4. The molecule has 0 aliphatic heterocycles. The van der Waals surface area contributed by atoms with Gasteiger partial charge in [0.2, 0.25) is 0 Å². The Morgan fingerprint density at radius 1 is 1.33 bits per heavy atom. The van der Waals surface area contributed by atoms with E-state index in [4.69, 9.17) is 4.74 Å². The van der Waals surface area contributed by atoms with Crippen LogP contribution in [0.5, 0.6) is 0 Å².